The zero-order valence-electron chi connectivity index (χ0n) is 9.94. The predicted octanol–water partition coefficient (Wildman–Crippen LogP) is 1.29. The highest BCUT2D eigenvalue weighted by Gasteiger charge is 2.28. The monoisotopic (exact) mass is 257 g/mol. The van der Waals surface area contributed by atoms with Crippen molar-refractivity contribution in [2.75, 3.05) is 19.8 Å². The fourth-order valence-corrected chi connectivity index (χ4v) is 2.09. The number of Topliss-reactive ketones (excluding diaryl/α,β-unsaturated/α-hetero) is 1. The number of nitrogens with zero attached hydrogens (tertiary/aromatic N) is 2. The Morgan fingerprint density at radius 3 is 3.06 bits per heavy atom. The topological polar surface area (TPSA) is 56.2 Å². The molecule has 1 fully saturated rings. The van der Waals surface area contributed by atoms with E-state index < -0.39 is 0 Å². The van der Waals surface area contributed by atoms with Crippen LogP contribution < -0.4 is 5.32 Å². The first-order valence-electron chi connectivity index (χ1n) is 5.69. The molecule has 0 aromatic carbocycles. The number of ether oxygens (including phenoxy) is 1. The van der Waals surface area contributed by atoms with Crippen LogP contribution in [-0.2, 0) is 4.74 Å². The summed E-state index contributed by atoms with van der Waals surface area (Å²) in [6.45, 7) is 5.64. The van der Waals surface area contributed by atoms with E-state index in [2.05, 4.69) is 10.4 Å². The molecule has 0 saturated carbocycles. The molecule has 1 aliphatic heterocycles. The van der Waals surface area contributed by atoms with Gasteiger partial charge in [-0.2, -0.15) is 5.10 Å². The maximum Gasteiger partial charge on any atom is 0.201 e. The van der Waals surface area contributed by atoms with Crippen molar-refractivity contribution < 1.29 is 9.53 Å². The van der Waals surface area contributed by atoms with Crippen molar-refractivity contribution in [2.24, 2.45) is 0 Å². The second-order valence-corrected chi connectivity index (χ2v) is 4.73. The minimum absolute atomic E-state index is 0.0547. The molecule has 0 aliphatic carbocycles. The van der Waals surface area contributed by atoms with Crippen LogP contribution in [0, 0.1) is 0 Å². The van der Waals surface area contributed by atoms with Crippen LogP contribution in [0.5, 0.6) is 0 Å². The second kappa shape index (κ2) is 5.16. The van der Waals surface area contributed by atoms with Crippen molar-refractivity contribution in [2.45, 2.75) is 25.9 Å². The lowest BCUT2D eigenvalue weighted by Gasteiger charge is -2.23. The summed E-state index contributed by atoms with van der Waals surface area (Å²) in [5, 5.41) is 7.65. The van der Waals surface area contributed by atoms with Crippen molar-refractivity contribution in [3.05, 3.63) is 16.9 Å². The van der Waals surface area contributed by atoms with Crippen LogP contribution in [0.15, 0.2) is 6.20 Å². The number of rotatable bonds is 3. The number of carbonyl (C=O) groups is 1. The first-order chi connectivity index (χ1) is 8.11. The Morgan fingerprint density at radius 1 is 1.71 bits per heavy atom. The van der Waals surface area contributed by atoms with E-state index in [0.29, 0.717) is 30.5 Å². The van der Waals surface area contributed by atoms with Crippen LogP contribution in [-0.4, -0.2) is 41.4 Å². The molecular weight excluding hydrogens is 242 g/mol. The summed E-state index contributed by atoms with van der Waals surface area (Å²) in [6.07, 6.45) is 1.51. The molecule has 94 valence electrons. The van der Waals surface area contributed by atoms with E-state index in [1.807, 2.05) is 13.8 Å². The Kier molecular flexibility index (Phi) is 3.81. The third-order valence-corrected chi connectivity index (χ3v) is 2.99. The van der Waals surface area contributed by atoms with Gasteiger partial charge in [-0.3, -0.25) is 9.48 Å². The Morgan fingerprint density at radius 2 is 2.47 bits per heavy atom. The summed E-state index contributed by atoms with van der Waals surface area (Å²) < 4.78 is 6.94. The number of halogens is 1. The summed E-state index contributed by atoms with van der Waals surface area (Å²) in [7, 11) is 0. The highest BCUT2D eigenvalue weighted by atomic mass is 35.5. The molecule has 0 bridgehead atoms. The number of hydrogen-bond acceptors (Lipinski definition) is 4. The Hall–Kier alpha value is -0.910. The van der Waals surface area contributed by atoms with Gasteiger partial charge in [-0.05, 0) is 13.8 Å². The van der Waals surface area contributed by atoms with Crippen molar-refractivity contribution in [1.29, 1.82) is 0 Å². The highest BCUT2D eigenvalue weighted by molar-refractivity contribution is 6.33. The number of carbonyl (C=O) groups excluding carboxylic acids is 1. The van der Waals surface area contributed by atoms with Gasteiger partial charge in [0, 0.05) is 12.6 Å². The lowest BCUT2D eigenvalue weighted by Crippen LogP contribution is -2.47. The third kappa shape index (κ3) is 2.51. The molecular formula is C11H16ClN3O2. The highest BCUT2D eigenvalue weighted by Crippen LogP contribution is 2.21. The van der Waals surface area contributed by atoms with Gasteiger partial charge in [-0.25, -0.2) is 0 Å². The number of ketones is 1. The van der Waals surface area contributed by atoms with Crippen molar-refractivity contribution in [1.82, 2.24) is 15.1 Å². The van der Waals surface area contributed by atoms with Crippen molar-refractivity contribution in [3.63, 3.8) is 0 Å². The van der Waals surface area contributed by atoms with Crippen LogP contribution in [0.3, 0.4) is 0 Å². The number of morpholine rings is 1. The molecule has 1 atom stereocenters. The lowest BCUT2D eigenvalue weighted by molar-refractivity contribution is 0.0599. The molecule has 5 nitrogen and oxygen atoms in total. The summed E-state index contributed by atoms with van der Waals surface area (Å²) >= 11 is 6.03. The first kappa shape index (κ1) is 12.5. The Labute approximate surface area is 105 Å². The fourth-order valence-electron chi connectivity index (χ4n) is 1.86. The van der Waals surface area contributed by atoms with E-state index in [1.54, 1.807) is 4.68 Å². The van der Waals surface area contributed by atoms with Gasteiger partial charge in [0.2, 0.25) is 5.78 Å². The minimum atomic E-state index is -0.324. The standard InChI is InChI=1S/C11H16ClN3O2/c1-7(2)15-10(8(12)5-14-15)11(16)9-6-17-4-3-13-9/h5,7,9,13H,3-4,6H2,1-2H3. The quantitative estimate of drug-likeness (QED) is 0.829. The molecule has 1 unspecified atom stereocenters. The van der Waals surface area contributed by atoms with Crippen LogP contribution in [0.4, 0.5) is 0 Å². The fraction of sp³-hybridized carbons (Fsp3) is 0.636. The van der Waals surface area contributed by atoms with Gasteiger partial charge >= 0.3 is 0 Å². The molecule has 2 heterocycles. The molecule has 17 heavy (non-hydrogen) atoms. The number of aromatic nitrogens is 2. The second-order valence-electron chi connectivity index (χ2n) is 4.33. The Bertz CT molecular complexity index is 411. The molecule has 1 N–H and O–H groups in total. The van der Waals surface area contributed by atoms with Crippen molar-refractivity contribution >= 4 is 17.4 Å². The zero-order chi connectivity index (χ0) is 12.4. The van der Waals surface area contributed by atoms with Crippen molar-refractivity contribution in [3.8, 4) is 0 Å². The maximum absolute atomic E-state index is 12.3. The van der Waals surface area contributed by atoms with Crippen LogP contribution >= 0.6 is 11.6 Å². The molecule has 0 amide bonds. The summed E-state index contributed by atoms with van der Waals surface area (Å²) in [6, 6.07) is -0.221. The molecule has 0 radical (unpaired) electrons. The van der Waals surface area contributed by atoms with Gasteiger partial charge in [-0.1, -0.05) is 11.6 Å². The smallest absolute Gasteiger partial charge is 0.201 e. The molecule has 6 heteroatoms. The Balaban J connectivity index is 2.26. The van der Waals surface area contributed by atoms with E-state index in [9.17, 15) is 4.79 Å². The van der Waals surface area contributed by atoms with E-state index in [0.717, 1.165) is 0 Å². The first-order valence-corrected chi connectivity index (χ1v) is 6.07. The lowest BCUT2D eigenvalue weighted by atomic mass is 10.1. The van der Waals surface area contributed by atoms with Crippen LogP contribution in [0.1, 0.15) is 30.4 Å². The predicted molar refractivity (Wildman–Crippen MR) is 64.6 cm³/mol. The van der Waals surface area contributed by atoms with Gasteiger partial charge in [0.05, 0.1) is 30.5 Å². The number of nitrogens with one attached hydrogen (secondary N) is 1. The summed E-state index contributed by atoms with van der Waals surface area (Å²) in [4.78, 5) is 12.3. The average Bonchev–Trinajstić information content (AvgIpc) is 2.71. The van der Waals surface area contributed by atoms with Gasteiger partial charge in [-0.15, -0.1) is 0 Å². The third-order valence-electron chi connectivity index (χ3n) is 2.71. The zero-order valence-corrected chi connectivity index (χ0v) is 10.7. The van der Waals surface area contributed by atoms with E-state index in [-0.39, 0.29) is 17.9 Å². The molecule has 1 aromatic heterocycles. The largest absolute Gasteiger partial charge is 0.378 e. The maximum atomic E-state index is 12.3. The van der Waals surface area contributed by atoms with Crippen LogP contribution in [0.25, 0.3) is 0 Å². The van der Waals surface area contributed by atoms with Gasteiger partial charge in [0.25, 0.3) is 0 Å². The molecule has 2 rings (SSSR count). The normalized spacial score (nSPS) is 20.8. The summed E-state index contributed by atoms with van der Waals surface area (Å²) in [5.74, 6) is -0.0547. The van der Waals surface area contributed by atoms with E-state index in [4.69, 9.17) is 16.3 Å². The summed E-state index contributed by atoms with van der Waals surface area (Å²) in [5.41, 5.74) is 0.463. The van der Waals surface area contributed by atoms with E-state index in [1.165, 1.54) is 6.20 Å². The SMILES string of the molecule is CC(C)n1ncc(Cl)c1C(=O)C1COCCN1. The molecule has 1 saturated heterocycles. The van der Waals surface area contributed by atoms with E-state index >= 15 is 0 Å². The molecule has 1 aliphatic rings. The van der Waals surface area contributed by atoms with Gasteiger partial charge < -0.3 is 10.1 Å². The minimum Gasteiger partial charge on any atom is -0.378 e. The molecule has 1 aromatic rings. The van der Waals surface area contributed by atoms with Crippen LogP contribution in [0.2, 0.25) is 5.02 Å². The van der Waals surface area contributed by atoms with Gasteiger partial charge in [0.15, 0.2) is 0 Å². The molecule has 0 spiro atoms. The average molecular weight is 258 g/mol. The van der Waals surface area contributed by atoms with Gasteiger partial charge in [0.1, 0.15) is 5.69 Å². The number of hydrogen-bond donors (Lipinski definition) is 1.